The molecule has 0 bridgehead atoms. The lowest BCUT2D eigenvalue weighted by atomic mass is 9.98. The Labute approximate surface area is 142 Å². The van der Waals surface area contributed by atoms with E-state index in [2.05, 4.69) is 41.7 Å². The van der Waals surface area contributed by atoms with E-state index >= 15 is 0 Å². The number of methoxy groups -OCH3 is 2. The summed E-state index contributed by atoms with van der Waals surface area (Å²) in [6.07, 6.45) is 0. The van der Waals surface area contributed by atoms with Crippen LogP contribution in [0.1, 0.15) is 17.2 Å². The van der Waals surface area contributed by atoms with Gasteiger partial charge in [0.2, 0.25) is 0 Å². The van der Waals surface area contributed by atoms with Gasteiger partial charge in [0.15, 0.2) is 0 Å². The van der Waals surface area contributed by atoms with Gasteiger partial charge in [-0.2, -0.15) is 0 Å². The van der Waals surface area contributed by atoms with Crippen molar-refractivity contribution in [3.05, 3.63) is 90.0 Å². The smallest absolute Gasteiger partial charge is 0.119 e. The van der Waals surface area contributed by atoms with Crippen molar-refractivity contribution in [2.24, 2.45) is 0 Å². The van der Waals surface area contributed by atoms with Crippen molar-refractivity contribution in [1.29, 1.82) is 0 Å². The van der Waals surface area contributed by atoms with Crippen molar-refractivity contribution in [2.75, 3.05) is 19.5 Å². The lowest BCUT2D eigenvalue weighted by Gasteiger charge is -2.21. The van der Waals surface area contributed by atoms with Gasteiger partial charge < -0.3 is 14.8 Å². The third-order valence-electron chi connectivity index (χ3n) is 3.98. The average Bonchev–Trinajstić information content (AvgIpc) is 2.67. The third kappa shape index (κ3) is 3.69. The number of benzene rings is 3. The van der Waals surface area contributed by atoms with E-state index in [4.69, 9.17) is 9.47 Å². The van der Waals surface area contributed by atoms with Gasteiger partial charge in [-0.1, -0.05) is 42.5 Å². The molecule has 0 aromatic heterocycles. The predicted octanol–water partition coefficient (Wildman–Crippen LogP) is 4.91. The van der Waals surface area contributed by atoms with Crippen molar-refractivity contribution in [2.45, 2.75) is 6.04 Å². The molecule has 122 valence electrons. The molecule has 0 aliphatic heterocycles. The molecular weight excluding hydrogens is 298 g/mol. The van der Waals surface area contributed by atoms with Crippen LogP contribution in [0.15, 0.2) is 78.9 Å². The minimum atomic E-state index is 0.0606. The average molecular weight is 319 g/mol. The molecule has 0 aliphatic carbocycles. The van der Waals surface area contributed by atoms with Crippen molar-refractivity contribution < 1.29 is 9.47 Å². The molecule has 0 radical (unpaired) electrons. The Kier molecular flexibility index (Phi) is 5.02. The fourth-order valence-electron chi connectivity index (χ4n) is 2.65. The van der Waals surface area contributed by atoms with E-state index in [-0.39, 0.29) is 6.04 Å². The fourth-order valence-corrected chi connectivity index (χ4v) is 2.65. The standard InChI is InChI=1S/C21H21NO2/c1-23-19-12-8-17(9-13-19)21(16-6-4-3-5-7-16)22-18-10-14-20(24-2)15-11-18/h3-15,21-22H,1-2H3. The van der Waals surface area contributed by atoms with Crippen molar-refractivity contribution >= 4 is 5.69 Å². The minimum absolute atomic E-state index is 0.0606. The summed E-state index contributed by atoms with van der Waals surface area (Å²) in [4.78, 5) is 0. The number of ether oxygens (including phenoxy) is 2. The SMILES string of the molecule is COc1ccc(NC(c2ccccc2)c2ccc(OC)cc2)cc1. The Morgan fingerprint density at radius 2 is 1.12 bits per heavy atom. The van der Waals surface area contributed by atoms with Gasteiger partial charge in [0, 0.05) is 5.69 Å². The molecule has 1 unspecified atom stereocenters. The Morgan fingerprint density at radius 3 is 1.67 bits per heavy atom. The summed E-state index contributed by atoms with van der Waals surface area (Å²) in [7, 11) is 3.35. The van der Waals surface area contributed by atoms with Gasteiger partial charge in [0.05, 0.1) is 20.3 Å². The molecule has 3 aromatic carbocycles. The van der Waals surface area contributed by atoms with Gasteiger partial charge in [-0.25, -0.2) is 0 Å². The monoisotopic (exact) mass is 319 g/mol. The molecule has 3 rings (SSSR count). The summed E-state index contributed by atoms with van der Waals surface area (Å²) < 4.78 is 10.5. The first-order valence-electron chi connectivity index (χ1n) is 7.89. The van der Waals surface area contributed by atoms with Crippen LogP contribution in [0, 0.1) is 0 Å². The van der Waals surface area contributed by atoms with Crippen molar-refractivity contribution in [3.8, 4) is 11.5 Å². The van der Waals surface area contributed by atoms with Gasteiger partial charge in [-0.3, -0.25) is 0 Å². The molecule has 0 heterocycles. The van der Waals surface area contributed by atoms with E-state index in [1.165, 1.54) is 11.1 Å². The molecule has 24 heavy (non-hydrogen) atoms. The second-order valence-electron chi connectivity index (χ2n) is 5.49. The lowest BCUT2D eigenvalue weighted by Crippen LogP contribution is -2.12. The number of anilines is 1. The molecule has 1 N–H and O–H groups in total. The Balaban J connectivity index is 1.91. The van der Waals surface area contributed by atoms with Crippen molar-refractivity contribution in [1.82, 2.24) is 0 Å². The molecule has 0 aliphatic rings. The van der Waals surface area contributed by atoms with Crippen LogP contribution in [0.2, 0.25) is 0 Å². The maximum absolute atomic E-state index is 5.26. The van der Waals surface area contributed by atoms with Crippen LogP contribution < -0.4 is 14.8 Å². The fraction of sp³-hybridized carbons (Fsp3) is 0.143. The quantitative estimate of drug-likeness (QED) is 0.700. The van der Waals surface area contributed by atoms with E-state index in [0.717, 1.165) is 17.2 Å². The van der Waals surface area contributed by atoms with E-state index in [1.807, 2.05) is 42.5 Å². The Hall–Kier alpha value is -2.94. The molecule has 3 aromatic rings. The summed E-state index contributed by atoms with van der Waals surface area (Å²) in [5.41, 5.74) is 3.43. The van der Waals surface area contributed by atoms with Gasteiger partial charge >= 0.3 is 0 Å². The van der Waals surface area contributed by atoms with Crippen LogP contribution in [-0.4, -0.2) is 14.2 Å². The normalized spacial score (nSPS) is 11.6. The number of hydrogen-bond donors (Lipinski definition) is 1. The maximum atomic E-state index is 5.26. The maximum Gasteiger partial charge on any atom is 0.119 e. The molecule has 0 spiro atoms. The molecule has 0 saturated carbocycles. The zero-order chi connectivity index (χ0) is 16.8. The van der Waals surface area contributed by atoms with Gasteiger partial charge in [0.25, 0.3) is 0 Å². The molecule has 3 nitrogen and oxygen atoms in total. The Morgan fingerprint density at radius 1 is 0.625 bits per heavy atom. The topological polar surface area (TPSA) is 30.5 Å². The summed E-state index contributed by atoms with van der Waals surface area (Å²) in [5.74, 6) is 1.70. The first kappa shape index (κ1) is 15.9. The number of hydrogen-bond acceptors (Lipinski definition) is 3. The van der Waals surface area contributed by atoms with E-state index < -0.39 is 0 Å². The molecule has 0 amide bonds. The highest BCUT2D eigenvalue weighted by Crippen LogP contribution is 2.28. The highest BCUT2D eigenvalue weighted by atomic mass is 16.5. The van der Waals surface area contributed by atoms with Gasteiger partial charge in [-0.05, 0) is 47.5 Å². The molecule has 0 fully saturated rings. The summed E-state index contributed by atoms with van der Waals surface area (Å²) in [6.45, 7) is 0. The predicted molar refractivity (Wildman–Crippen MR) is 97.9 cm³/mol. The molecular formula is C21H21NO2. The van der Waals surface area contributed by atoms with Gasteiger partial charge in [-0.15, -0.1) is 0 Å². The van der Waals surface area contributed by atoms with Crippen LogP contribution in [-0.2, 0) is 0 Å². The highest BCUT2D eigenvalue weighted by Gasteiger charge is 2.14. The number of nitrogens with one attached hydrogen (secondary N) is 1. The first-order valence-corrected chi connectivity index (χ1v) is 7.89. The largest absolute Gasteiger partial charge is 0.497 e. The zero-order valence-corrected chi connectivity index (χ0v) is 13.9. The number of rotatable bonds is 6. The van der Waals surface area contributed by atoms with Gasteiger partial charge in [0.1, 0.15) is 11.5 Å². The van der Waals surface area contributed by atoms with Crippen LogP contribution in [0.25, 0.3) is 0 Å². The Bertz CT molecular complexity index is 752. The lowest BCUT2D eigenvalue weighted by molar-refractivity contribution is 0.414. The van der Waals surface area contributed by atoms with Crippen LogP contribution in [0.4, 0.5) is 5.69 Å². The first-order chi connectivity index (χ1) is 11.8. The second-order valence-corrected chi connectivity index (χ2v) is 5.49. The highest BCUT2D eigenvalue weighted by molar-refractivity contribution is 5.51. The van der Waals surface area contributed by atoms with E-state index in [1.54, 1.807) is 14.2 Å². The summed E-state index contributed by atoms with van der Waals surface area (Å²) in [5, 5.41) is 3.60. The third-order valence-corrected chi connectivity index (χ3v) is 3.98. The van der Waals surface area contributed by atoms with Crippen LogP contribution in [0.5, 0.6) is 11.5 Å². The summed E-state index contributed by atoms with van der Waals surface area (Å²) in [6, 6.07) is 26.6. The van der Waals surface area contributed by atoms with Crippen LogP contribution in [0.3, 0.4) is 0 Å². The minimum Gasteiger partial charge on any atom is -0.497 e. The second kappa shape index (κ2) is 7.55. The summed E-state index contributed by atoms with van der Waals surface area (Å²) >= 11 is 0. The molecule has 0 saturated heterocycles. The molecule has 1 atom stereocenters. The van der Waals surface area contributed by atoms with E-state index in [9.17, 15) is 0 Å². The van der Waals surface area contributed by atoms with Crippen LogP contribution >= 0.6 is 0 Å². The molecule has 3 heteroatoms. The van der Waals surface area contributed by atoms with Crippen molar-refractivity contribution in [3.63, 3.8) is 0 Å². The van der Waals surface area contributed by atoms with E-state index in [0.29, 0.717) is 0 Å². The zero-order valence-electron chi connectivity index (χ0n) is 13.9.